The van der Waals surface area contributed by atoms with Crippen LogP contribution < -0.4 is 14.8 Å². The molecule has 0 unspecified atom stereocenters. The molecule has 7 nitrogen and oxygen atoms in total. The molecule has 0 atom stereocenters. The van der Waals surface area contributed by atoms with Crippen LogP contribution in [0.2, 0.25) is 0 Å². The van der Waals surface area contributed by atoms with Crippen molar-refractivity contribution in [1.29, 1.82) is 0 Å². The van der Waals surface area contributed by atoms with E-state index in [9.17, 15) is 10.1 Å². The summed E-state index contributed by atoms with van der Waals surface area (Å²) in [4.78, 5) is 9.97. The zero-order valence-electron chi connectivity index (χ0n) is 11.8. The maximum atomic E-state index is 10.5. The highest BCUT2D eigenvalue weighted by Crippen LogP contribution is 2.30. The molecule has 1 aromatic heterocycles. The molecule has 0 fully saturated rings. The average molecular weight is 292 g/mol. The van der Waals surface area contributed by atoms with E-state index >= 15 is 0 Å². The van der Waals surface area contributed by atoms with Crippen LogP contribution >= 0.6 is 0 Å². The number of furan rings is 1. The van der Waals surface area contributed by atoms with Gasteiger partial charge in [-0.2, -0.15) is 0 Å². The van der Waals surface area contributed by atoms with Gasteiger partial charge in [0.2, 0.25) is 0 Å². The van der Waals surface area contributed by atoms with Gasteiger partial charge in [-0.05, 0) is 25.1 Å². The highest BCUT2D eigenvalue weighted by molar-refractivity contribution is 5.54. The Morgan fingerprint density at radius 2 is 2.10 bits per heavy atom. The largest absolute Gasteiger partial charge is 0.493 e. The molecule has 1 heterocycles. The molecule has 7 heteroatoms. The molecule has 2 rings (SSSR count). The molecule has 0 saturated carbocycles. The van der Waals surface area contributed by atoms with E-state index < -0.39 is 4.92 Å². The first-order valence-corrected chi connectivity index (χ1v) is 6.42. The van der Waals surface area contributed by atoms with Gasteiger partial charge in [0, 0.05) is 11.8 Å². The summed E-state index contributed by atoms with van der Waals surface area (Å²) in [5.41, 5.74) is 0.800. The maximum absolute atomic E-state index is 10.5. The van der Waals surface area contributed by atoms with Crippen molar-refractivity contribution in [2.24, 2.45) is 0 Å². The number of methoxy groups -OCH3 is 1. The van der Waals surface area contributed by atoms with E-state index in [1.807, 2.05) is 13.0 Å². The Morgan fingerprint density at radius 3 is 2.71 bits per heavy atom. The van der Waals surface area contributed by atoms with Gasteiger partial charge in [0.25, 0.3) is 0 Å². The summed E-state index contributed by atoms with van der Waals surface area (Å²) in [6.07, 6.45) is 0. The van der Waals surface area contributed by atoms with Crippen molar-refractivity contribution in [3.05, 3.63) is 46.2 Å². The Morgan fingerprint density at radius 1 is 1.29 bits per heavy atom. The van der Waals surface area contributed by atoms with E-state index in [-0.39, 0.29) is 5.88 Å². The Kier molecular flexibility index (Phi) is 4.65. The lowest BCUT2D eigenvalue weighted by Crippen LogP contribution is -2.00. The van der Waals surface area contributed by atoms with Crippen LogP contribution in [0, 0.1) is 10.1 Å². The summed E-state index contributed by atoms with van der Waals surface area (Å²) in [6.45, 7) is 2.79. The van der Waals surface area contributed by atoms with E-state index in [1.165, 1.54) is 6.07 Å². The van der Waals surface area contributed by atoms with E-state index in [1.54, 1.807) is 25.3 Å². The molecular weight excluding hydrogens is 276 g/mol. The zero-order valence-corrected chi connectivity index (χ0v) is 11.8. The highest BCUT2D eigenvalue weighted by atomic mass is 16.6. The third-order valence-corrected chi connectivity index (χ3v) is 2.76. The Bertz CT molecular complexity index is 624. The van der Waals surface area contributed by atoms with Crippen LogP contribution in [0.1, 0.15) is 12.7 Å². The quantitative estimate of drug-likeness (QED) is 0.623. The molecule has 0 aliphatic heterocycles. The normalized spacial score (nSPS) is 10.2. The lowest BCUT2D eigenvalue weighted by atomic mass is 10.2. The lowest BCUT2D eigenvalue weighted by Gasteiger charge is -2.11. The molecule has 0 aliphatic carbocycles. The van der Waals surface area contributed by atoms with Crippen LogP contribution in [0.4, 0.5) is 11.6 Å². The maximum Gasteiger partial charge on any atom is 0.433 e. The molecular formula is C14H16N2O5. The minimum absolute atomic E-state index is 0.268. The zero-order chi connectivity index (χ0) is 15.2. The molecule has 0 amide bonds. The summed E-state index contributed by atoms with van der Waals surface area (Å²) in [6, 6.07) is 8.33. The molecule has 0 spiro atoms. The SMILES string of the molecule is CCOc1ccc(NCc2ccc([N+](=O)[O-])o2)cc1OC. The minimum atomic E-state index is -0.566. The van der Waals surface area contributed by atoms with Gasteiger partial charge in [-0.15, -0.1) is 0 Å². The number of hydrogen-bond donors (Lipinski definition) is 1. The number of anilines is 1. The van der Waals surface area contributed by atoms with Crippen LogP contribution in [-0.2, 0) is 6.54 Å². The second-order valence-electron chi connectivity index (χ2n) is 4.15. The summed E-state index contributed by atoms with van der Waals surface area (Å²) in [7, 11) is 1.57. The Hall–Kier alpha value is -2.70. The number of rotatable bonds is 7. The van der Waals surface area contributed by atoms with E-state index in [2.05, 4.69) is 5.32 Å². The van der Waals surface area contributed by atoms with Crippen molar-refractivity contribution >= 4 is 11.6 Å². The van der Waals surface area contributed by atoms with Crippen molar-refractivity contribution in [2.45, 2.75) is 13.5 Å². The molecule has 1 aromatic carbocycles. The van der Waals surface area contributed by atoms with Crippen molar-refractivity contribution in [3.8, 4) is 11.5 Å². The molecule has 2 aromatic rings. The summed E-state index contributed by atoms with van der Waals surface area (Å²) < 4.78 is 15.7. The Labute approximate surface area is 121 Å². The van der Waals surface area contributed by atoms with Gasteiger partial charge in [-0.1, -0.05) is 0 Å². The standard InChI is InChI=1S/C14H16N2O5/c1-3-20-12-6-4-10(8-13(12)19-2)15-9-11-5-7-14(21-11)16(17)18/h4-8,15H,3,9H2,1-2H3. The van der Waals surface area contributed by atoms with Gasteiger partial charge >= 0.3 is 5.88 Å². The molecule has 0 aliphatic rings. The summed E-state index contributed by atoms with van der Waals surface area (Å²) >= 11 is 0. The second-order valence-corrected chi connectivity index (χ2v) is 4.15. The van der Waals surface area contributed by atoms with Gasteiger partial charge in [-0.25, -0.2) is 0 Å². The van der Waals surface area contributed by atoms with Gasteiger partial charge in [0.1, 0.15) is 10.7 Å². The first-order valence-electron chi connectivity index (χ1n) is 6.42. The van der Waals surface area contributed by atoms with Gasteiger partial charge in [-0.3, -0.25) is 10.1 Å². The number of benzene rings is 1. The third-order valence-electron chi connectivity index (χ3n) is 2.76. The van der Waals surface area contributed by atoms with Crippen LogP contribution in [0.5, 0.6) is 11.5 Å². The van der Waals surface area contributed by atoms with Crippen molar-refractivity contribution < 1.29 is 18.8 Å². The average Bonchev–Trinajstić information content (AvgIpc) is 2.95. The van der Waals surface area contributed by atoms with Crippen molar-refractivity contribution in [2.75, 3.05) is 19.0 Å². The molecule has 0 radical (unpaired) electrons. The minimum Gasteiger partial charge on any atom is -0.493 e. The van der Waals surface area contributed by atoms with Gasteiger partial charge < -0.3 is 19.2 Å². The Balaban J connectivity index is 2.03. The van der Waals surface area contributed by atoms with Gasteiger partial charge in [0.05, 0.1) is 26.3 Å². The first kappa shape index (κ1) is 14.7. The number of nitro groups is 1. The van der Waals surface area contributed by atoms with Gasteiger partial charge in [0.15, 0.2) is 11.5 Å². The fourth-order valence-electron chi connectivity index (χ4n) is 1.80. The number of ether oxygens (including phenoxy) is 2. The third kappa shape index (κ3) is 3.65. The number of nitrogens with zero attached hydrogens (tertiary/aromatic N) is 1. The molecule has 1 N–H and O–H groups in total. The first-order chi connectivity index (χ1) is 10.1. The monoisotopic (exact) mass is 292 g/mol. The topological polar surface area (TPSA) is 86.8 Å². The lowest BCUT2D eigenvalue weighted by molar-refractivity contribution is -0.402. The van der Waals surface area contributed by atoms with E-state index in [0.717, 1.165) is 5.69 Å². The fraction of sp³-hybridized carbons (Fsp3) is 0.286. The molecule has 0 bridgehead atoms. The van der Waals surface area contributed by atoms with Crippen LogP contribution in [0.15, 0.2) is 34.7 Å². The smallest absolute Gasteiger partial charge is 0.433 e. The fourth-order valence-corrected chi connectivity index (χ4v) is 1.80. The van der Waals surface area contributed by atoms with Crippen LogP contribution in [0.3, 0.4) is 0 Å². The van der Waals surface area contributed by atoms with Crippen molar-refractivity contribution in [1.82, 2.24) is 0 Å². The summed E-state index contributed by atoms with van der Waals surface area (Å²) in [5.74, 6) is 1.50. The van der Waals surface area contributed by atoms with E-state index in [4.69, 9.17) is 13.9 Å². The van der Waals surface area contributed by atoms with Crippen molar-refractivity contribution in [3.63, 3.8) is 0 Å². The predicted octanol–water partition coefficient (Wildman–Crippen LogP) is 3.21. The molecule has 0 saturated heterocycles. The number of hydrogen-bond acceptors (Lipinski definition) is 6. The summed E-state index contributed by atoms with van der Waals surface area (Å²) in [5, 5.41) is 13.6. The van der Waals surface area contributed by atoms with Crippen LogP contribution in [0.25, 0.3) is 0 Å². The number of nitrogens with one attached hydrogen (secondary N) is 1. The van der Waals surface area contributed by atoms with Crippen LogP contribution in [-0.4, -0.2) is 18.6 Å². The second kappa shape index (κ2) is 6.65. The predicted molar refractivity (Wildman–Crippen MR) is 76.9 cm³/mol. The highest BCUT2D eigenvalue weighted by Gasteiger charge is 2.11. The molecule has 21 heavy (non-hydrogen) atoms. The molecule has 112 valence electrons. The van der Waals surface area contributed by atoms with E-state index in [0.29, 0.717) is 30.4 Å².